The molecular weight excluding hydrogens is 382 g/mol. The monoisotopic (exact) mass is 411 g/mol. The molecule has 1 saturated heterocycles. The molecule has 0 bridgehead atoms. The van der Waals surface area contributed by atoms with Crippen LogP contribution in [0.15, 0.2) is 54.6 Å². The molecule has 7 heteroatoms. The molecule has 1 aliphatic heterocycles. The van der Waals surface area contributed by atoms with Crippen molar-refractivity contribution < 1.29 is 19.4 Å². The largest absolute Gasteiger partial charge is 0.489 e. The lowest BCUT2D eigenvalue weighted by Gasteiger charge is -2.36. The first-order valence-corrected chi connectivity index (χ1v) is 10.1. The Bertz CT molecular complexity index is 880. The Labute approximate surface area is 177 Å². The zero-order valence-electron chi connectivity index (χ0n) is 17.7. The molecule has 0 unspecified atom stereocenters. The van der Waals surface area contributed by atoms with Crippen molar-refractivity contribution in [1.82, 2.24) is 9.91 Å². The Morgan fingerprint density at radius 3 is 2.47 bits per heavy atom. The summed E-state index contributed by atoms with van der Waals surface area (Å²) in [6.45, 7) is 6.88. The van der Waals surface area contributed by atoms with Crippen LogP contribution in [-0.2, 0) is 11.4 Å². The molecule has 0 spiro atoms. The SMILES string of the molecule is CC(C)(C)N(CC(=O)N1CCCN1c1cccc(OCc2ccccc2)c1)C(=O)O. The number of nitrogens with zero attached hydrogens (tertiary/aromatic N) is 3. The Kier molecular flexibility index (Phi) is 6.50. The fourth-order valence-corrected chi connectivity index (χ4v) is 3.42. The van der Waals surface area contributed by atoms with Gasteiger partial charge in [-0.15, -0.1) is 0 Å². The van der Waals surface area contributed by atoms with E-state index in [0.29, 0.717) is 19.7 Å². The highest BCUT2D eigenvalue weighted by molar-refractivity contribution is 5.84. The number of carbonyl (C=O) groups excluding carboxylic acids is 1. The minimum Gasteiger partial charge on any atom is -0.489 e. The molecule has 2 aromatic carbocycles. The van der Waals surface area contributed by atoms with Gasteiger partial charge in [0, 0.05) is 24.7 Å². The Morgan fingerprint density at radius 2 is 1.80 bits per heavy atom. The van der Waals surface area contributed by atoms with Gasteiger partial charge in [0.2, 0.25) is 0 Å². The van der Waals surface area contributed by atoms with E-state index in [-0.39, 0.29) is 12.5 Å². The third kappa shape index (κ3) is 5.23. The fourth-order valence-electron chi connectivity index (χ4n) is 3.42. The first kappa shape index (κ1) is 21.5. The van der Waals surface area contributed by atoms with Crippen LogP contribution in [0, 0.1) is 0 Å². The van der Waals surface area contributed by atoms with Gasteiger partial charge in [0.15, 0.2) is 0 Å². The van der Waals surface area contributed by atoms with E-state index < -0.39 is 11.6 Å². The highest BCUT2D eigenvalue weighted by Gasteiger charge is 2.33. The standard InChI is InChI=1S/C23H29N3O4/c1-23(2,3)24(22(28)29)16-21(27)26-14-8-13-25(26)19-11-7-12-20(15-19)30-17-18-9-5-4-6-10-18/h4-7,9-12,15H,8,13-14,16-17H2,1-3H3,(H,28,29). The van der Waals surface area contributed by atoms with E-state index >= 15 is 0 Å². The molecule has 0 radical (unpaired) electrons. The number of hydrogen-bond acceptors (Lipinski definition) is 4. The van der Waals surface area contributed by atoms with E-state index in [2.05, 4.69) is 0 Å². The normalized spacial score (nSPS) is 14.0. The van der Waals surface area contributed by atoms with Crippen molar-refractivity contribution in [2.45, 2.75) is 39.3 Å². The number of ether oxygens (including phenoxy) is 1. The van der Waals surface area contributed by atoms with Gasteiger partial charge < -0.3 is 9.84 Å². The molecule has 0 atom stereocenters. The lowest BCUT2D eigenvalue weighted by molar-refractivity contribution is -0.132. The van der Waals surface area contributed by atoms with Crippen LogP contribution in [-0.4, -0.2) is 52.2 Å². The maximum Gasteiger partial charge on any atom is 0.408 e. The van der Waals surface area contributed by atoms with Crippen molar-refractivity contribution in [2.75, 3.05) is 24.6 Å². The van der Waals surface area contributed by atoms with Crippen LogP contribution in [0.1, 0.15) is 32.8 Å². The number of anilines is 1. The summed E-state index contributed by atoms with van der Waals surface area (Å²) in [5.41, 5.74) is 1.28. The zero-order chi connectivity index (χ0) is 21.7. The molecule has 3 rings (SSSR count). The van der Waals surface area contributed by atoms with Crippen LogP contribution in [0.5, 0.6) is 5.75 Å². The van der Waals surface area contributed by atoms with E-state index in [4.69, 9.17) is 4.74 Å². The maximum atomic E-state index is 12.9. The number of carbonyl (C=O) groups is 2. The first-order valence-electron chi connectivity index (χ1n) is 10.1. The summed E-state index contributed by atoms with van der Waals surface area (Å²) in [5, 5.41) is 13.0. The minimum absolute atomic E-state index is 0.181. The summed E-state index contributed by atoms with van der Waals surface area (Å²) >= 11 is 0. The molecule has 1 N–H and O–H groups in total. The summed E-state index contributed by atoms with van der Waals surface area (Å²) in [6.07, 6.45) is -0.276. The predicted molar refractivity (Wildman–Crippen MR) is 115 cm³/mol. The smallest absolute Gasteiger partial charge is 0.408 e. The molecule has 0 aromatic heterocycles. The van der Waals surface area contributed by atoms with Gasteiger partial charge in [-0.2, -0.15) is 0 Å². The fraction of sp³-hybridized carbons (Fsp3) is 0.391. The molecular formula is C23H29N3O4. The van der Waals surface area contributed by atoms with Crippen molar-refractivity contribution in [3.05, 3.63) is 60.2 Å². The van der Waals surface area contributed by atoms with Gasteiger partial charge in [0.1, 0.15) is 18.9 Å². The topological polar surface area (TPSA) is 73.3 Å². The minimum atomic E-state index is -1.10. The molecule has 0 aliphatic carbocycles. The summed E-state index contributed by atoms with van der Waals surface area (Å²) < 4.78 is 5.91. The lowest BCUT2D eigenvalue weighted by Crippen LogP contribution is -2.52. The molecule has 1 heterocycles. The van der Waals surface area contributed by atoms with E-state index in [0.717, 1.165) is 23.4 Å². The first-order chi connectivity index (χ1) is 14.3. The van der Waals surface area contributed by atoms with Gasteiger partial charge in [-0.1, -0.05) is 36.4 Å². The van der Waals surface area contributed by atoms with Crippen LogP contribution in [0.3, 0.4) is 0 Å². The lowest BCUT2D eigenvalue weighted by atomic mass is 10.1. The van der Waals surface area contributed by atoms with Crippen LogP contribution in [0.2, 0.25) is 0 Å². The van der Waals surface area contributed by atoms with Crippen LogP contribution < -0.4 is 9.75 Å². The van der Waals surface area contributed by atoms with Crippen LogP contribution in [0.4, 0.5) is 10.5 Å². The molecule has 160 valence electrons. The third-order valence-corrected chi connectivity index (χ3v) is 5.02. The summed E-state index contributed by atoms with van der Waals surface area (Å²) in [6, 6.07) is 17.6. The second-order valence-electron chi connectivity index (χ2n) is 8.30. The average Bonchev–Trinajstić information content (AvgIpc) is 3.20. The van der Waals surface area contributed by atoms with E-state index in [9.17, 15) is 14.7 Å². The third-order valence-electron chi connectivity index (χ3n) is 5.02. The number of rotatable bonds is 6. The number of hydrogen-bond donors (Lipinski definition) is 1. The van der Waals surface area contributed by atoms with Gasteiger partial charge in [0.25, 0.3) is 5.91 Å². The van der Waals surface area contributed by atoms with Crippen molar-refractivity contribution in [2.24, 2.45) is 0 Å². The van der Waals surface area contributed by atoms with Crippen molar-refractivity contribution in [1.29, 1.82) is 0 Å². The Balaban J connectivity index is 1.70. The zero-order valence-corrected chi connectivity index (χ0v) is 17.7. The van der Waals surface area contributed by atoms with Gasteiger partial charge in [0.05, 0.1) is 5.69 Å². The van der Waals surface area contributed by atoms with E-state index in [1.165, 1.54) is 4.90 Å². The molecule has 2 aromatic rings. The Morgan fingerprint density at radius 1 is 1.07 bits per heavy atom. The van der Waals surface area contributed by atoms with Gasteiger partial charge in [-0.05, 0) is 44.9 Å². The molecule has 7 nitrogen and oxygen atoms in total. The quantitative estimate of drug-likeness (QED) is 0.778. The second kappa shape index (κ2) is 9.07. The Hall–Kier alpha value is -3.22. The molecule has 0 saturated carbocycles. The van der Waals surface area contributed by atoms with E-state index in [1.54, 1.807) is 25.8 Å². The van der Waals surface area contributed by atoms with Gasteiger partial charge >= 0.3 is 6.09 Å². The maximum absolute atomic E-state index is 12.9. The number of amides is 2. The van der Waals surface area contributed by atoms with Crippen molar-refractivity contribution in [3.8, 4) is 5.75 Å². The summed E-state index contributed by atoms with van der Waals surface area (Å²) in [5.74, 6) is 0.484. The van der Waals surface area contributed by atoms with Crippen LogP contribution >= 0.6 is 0 Å². The average molecular weight is 412 g/mol. The highest BCUT2D eigenvalue weighted by Crippen LogP contribution is 2.27. The predicted octanol–water partition coefficient (Wildman–Crippen LogP) is 4.00. The highest BCUT2D eigenvalue weighted by atomic mass is 16.5. The molecule has 30 heavy (non-hydrogen) atoms. The number of benzene rings is 2. The van der Waals surface area contributed by atoms with Gasteiger partial charge in [-0.3, -0.25) is 19.7 Å². The van der Waals surface area contributed by atoms with Crippen molar-refractivity contribution in [3.63, 3.8) is 0 Å². The number of carboxylic acid groups (broad SMARTS) is 1. The van der Waals surface area contributed by atoms with E-state index in [1.807, 2.05) is 59.6 Å². The summed E-state index contributed by atoms with van der Waals surface area (Å²) in [7, 11) is 0. The van der Waals surface area contributed by atoms with Gasteiger partial charge in [-0.25, -0.2) is 4.79 Å². The molecule has 2 amide bonds. The van der Waals surface area contributed by atoms with Crippen molar-refractivity contribution >= 4 is 17.7 Å². The molecule has 1 fully saturated rings. The summed E-state index contributed by atoms with van der Waals surface area (Å²) in [4.78, 5) is 25.7. The second-order valence-corrected chi connectivity index (χ2v) is 8.30. The molecule has 1 aliphatic rings. The van der Waals surface area contributed by atoms with Crippen LogP contribution in [0.25, 0.3) is 0 Å². The number of hydrazine groups is 1.